The van der Waals surface area contributed by atoms with Crippen LogP contribution in [-0.4, -0.2) is 30.0 Å². The normalized spacial score (nSPS) is 11.8. The maximum atomic E-state index is 4.64. The van der Waals surface area contributed by atoms with E-state index in [-0.39, 0.29) is 5.41 Å². The summed E-state index contributed by atoms with van der Waals surface area (Å²) in [7, 11) is 0. The molecule has 2 aromatic heterocycles. The standard InChI is InChI=1S/C34H29N7/c1-34(2,3)24-12-14-25(15-13-24)39(26-16-20-28(21-17-26)40-35-30-8-4-5-9-31(30)36-40)27-18-22-29(23-19-27)41-37-32-10-6-7-11-33(32)38-41/h4-23H,1-3H3. The van der Waals surface area contributed by atoms with Crippen LogP contribution in [0.2, 0.25) is 0 Å². The Labute approximate surface area is 238 Å². The Kier molecular flexibility index (Phi) is 5.86. The highest BCUT2D eigenvalue weighted by Gasteiger charge is 2.17. The average molecular weight is 536 g/mol. The molecule has 0 atom stereocenters. The minimum absolute atomic E-state index is 0.0767. The van der Waals surface area contributed by atoms with Crippen LogP contribution in [0, 0.1) is 0 Å². The quantitative estimate of drug-likeness (QED) is 0.224. The van der Waals surface area contributed by atoms with E-state index in [9.17, 15) is 0 Å². The molecular formula is C34H29N7. The third kappa shape index (κ3) is 4.72. The third-order valence-corrected chi connectivity index (χ3v) is 7.24. The molecule has 0 radical (unpaired) electrons. The molecule has 7 aromatic rings. The van der Waals surface area contributed by atoms with Crippen LogP contribution in [0.4, 0.5) is 17.1 Å². The lowest BCUT2D eigenvalue weighted by Gasteiger charge is -2.27. The van der Waals surface area contributed by atoms with Crippen molar-refractivity contribution in [2.24, 2.45) is 0 Å². The van der Waals surface area contributed by atoms with Crippen LogP contribution in [0.15, 0.2) is 121 Å². The van der Waals surface area contributed by atoms with Crippen LogP contribution in [0.25, 0.3) is 33.4 Å². The van der Waals surface area contributed by atoms with E-state index in [4.69, 9.17) is 0 Å². The van der Waals surface area contributed by atoms with Crippen LogP contribution in [0.3, 0.4) is 0 Å². The van der Waals surface area contributed by atoms with Gasteiger partial charge in [-0.05, 0) is 95.9 Å². The van der Waals surface area contributed by atoms with Gasteiger partial charge in [-0.2, -0.15) is 9.59 Å². The van der Waals surface area contributed by atoms with Gasteiger partial charge in [0.25, 0.3) is 0 Å². The minimum atomic E-state index is 0.0767. The number of hydrogen-bond acceptors (Lipinski definition) is 5. The lowest BCUT2D eigenvalue weighted by atomic mass is 9.87. The van der Waals surface area contributed by atoms with E-state index in [1.807, 2.05) is 48.5 Å². The summed E-state index contributed by atoms with van der Waals surface area (Å²) >= 11 is 0. The summed E-state index contributed by atoms with van der Waals surface area (Å²) in [5, 5.41) is 18.6. The van der Waals surface area contributed by atoms with E-state index in [1.54, 1.807) is 9.59 Å². The van der Waals surface area contributed by atoms with Crippen LogP contribution < -0.4 is 4.90 Å². The van der Waals surface area contributed by atoms with Crippen molar-refractivity contribution in [2.75, 3.05) is 4.90 Å². The van der Waals surface area contributed by atoms with Gasteiger partial charge >= 0.3 is 0 Å². The SMILES string of the molecule is CC(C)(C)c1ccc(N(c2ccc(-n3nc4ccccc4n3)cc2)c2ccc(-n3nc4ccccc4n3)cc2)cc1. The lowest BCUT2D eigenvalue weighted by molar-refractivity contribution is 0.590. The number of benzene rings is 5. The van der Waals surface area contributed by atoms with E-state index in [2.05, 4.69) is 119 Å². The highest BCUT2D eigenvalue weighted by Crippen LogP contribution is 2.36. The molecule has 0 aliphatic heterocycles. The molecule has 0 aliphatic carbocycles. The maximum absolute atomic E-state index is 4.64. The summed E-state index contributed by atoms with van der Waals surface area (Å²) in [4.78, 5) is 5.62. The van der Waals surface area contributed by atoms with Gasteiger partial charge in [0.1, 0.15) is 22.1 Å². The van der Waals surface area contributed by atoms with Crippen molar-refractivity contribution in [1.82, 2.24) is 30.0 Å². The molecule has 0 aliphatic rings. The van der Waals surface area contributed by atoms with Crippen molar-refractivity contribution >= 4 is 39.1 Å². The van der Waals surface area contributed by atoms with Gasteiger partial charge in [-0.25, -0.2) is 0 Å². The highest BCUT2D eigenvalue weighted by atomic mass is 15.5. The molecule has 7 rings (SSSR count). The zero-order valence-electron chi connectivity index (χ0n) is 23.2. The van der Waals surface area contributed by atoms with Crippen molar-refractivity contribution in [2.45, 2.75) is 26.2 Å². The monoisotopic (exact) mass is 535 g/mol. The second kappa shape index (κ2) is 9.71. The number of aromatic nitrogens is 6. The molecule has 7 nitrogen and oxygen atoms in total. The number of anilines is 3. The van der Waals surface area contributed by atoms with Gasteiger partial charge in [0.2, 0.25) is 0 Å². The van der Waals surface area contributed by atoms with Crippen molar-refractivity contribution in [3.05, 3.63) is 127 Å². The molecule has 0 N–H and O–H groups in total. The molecule has 200 valence electrons. The van der Waals surface area contributed by atoms with E-state index < -0.39 is 0 Å². The van der Waals surface area contributed by atoms with Crippen LogP contribution in [0.1, 0.15) is 26.3 Å². The van der Waals surface area contributed by atoms with Crippen molar-refractivity contribution < 1.29 is 0 Å². The van der Waals surface area contributed by atoms with Gasteiger partial charge in [-0.15, -0.1) is 20.4 Å². The van der Waals surface area contributed by atoms with Crippen molar-refractivity contribution in [3.8, 4) is 11.4 Å². The number of hydrogen-bond donors (Lipinski definition) is 0. The largest absolute Gasteiger partial charge is 0.311 e. The Morgan fingerprint density at radius 3 is 1.07 bits per heavy atom. The molecule has 5 aromatic carbocycles. The predicted molar refractivity (Wildman–Crippen MR) is 165 cm³/mol. The van der Waals surface area contributed by atoms with E-state index >= 15 is 0 Å². The molecule has 0 bridgehead atoms. The Bertz CT molecular complexity index is 1780. The first kappa shape index (κ1) is 24.7. The molecule has 7 heteroatoms. The smallest absolute Gasteiger partial charge is 0.113 e. The van der Waals surface area contributed by atoms with Gasteiger partial charge in [-0.1, -0.05) is 57.2 Å². The minimum Gasteiger partial charge on any atom is -0.311 e. The number of rotatable bonds is 5. The molecule has 0 saturated carbocycles. The fourth-order valence-corrected chi connectivity index (χ4v) is 4.98. The number of nitrogens with zero attached hydrogens (tertiary/aromatic N) is 7. The highest BCUT2D eigenvalue weighted by molar-refractivity contribution is 5.78. The Morgan fingerprint density at radius 1 is 0.439 bits per heavy atom. The first-order chi connectivity index (χ1) is 19.9. The van der Waals surface area contributed by atoms with Crippen molar-refractivity contribution in [3.63, 3.8) is 0 Å². The molecule has 0 saturated heterocycles. The summed E-state index contributed by atoms with van der Waals surface area (Å²) in [5.74, 6) is 0. The molecule has 41 heavy (non-hydrogen) atoms. The van der Waals surface area contributed by atoms with Crippen molar-refractivity contribution in [1.29, 1.82) is 0 Å². The summed E-state index contributed by atoms with van der Waals surface area (Å²) in [6.07, 6.45) is 0. The van der Waals surface area contributed by atoms with E-state index in [0.717, 1.165) is 50.5 Å². The second-order valence-corrected chi connectivity index (χ2v) is 11.1. The van der Waals surface area contributed by atoms with E-state index in [1.165, 1.54) is 5.56 Å². The summed E-state index contributed by atoms with van der Waals surface area (Å²) < 4.78 is 0. The van der Waals surface area contributed by atoms with Gasteiger partial charge < -0.3 is 4.90 Å². The lowest BCUT2D eigenvalue weighted by Crippen LogP contribution is -2.13. The molecule has 0 amide bonds. The predicted octanol–water partition coefficient (Wildman–Crippen LogP) is 7.92. The molecule has 2 heterocycles. The van der Waals surface area contributed by atoms with E-state index in [0.29, 0.717) is 0 Å². The summed E-state index contributed by atoms with van der Waals surface area (Å²) in [6, 6.07) is 41.2. The van der Waals surface area contributed by atoms with Gasteiger partial charge in [0, 0.05) is 17.1 Å². The third-order valence-electron chi connectivity index (χ3n) is 7.24. The first-order valence-electron chi connectivity index (χ1n) is 13.7. The Balaban J connectivity index is 1.26. The van der Waals surface area contributed by atoms with Gasteiger partial charge in [0.15, 0.2) is 0 Å². The van der Waals surface area contributed by atoms with Gasteiger partial charge in [-0.3, -0.25) is 0 Å². The average Bonchev–Trinajstić information content (AvgIpc) is 3.63. The van der Waals surface area contributed by atoms with Gasteiger partial charge in [0.05, 0.1) is 11.4 Å². The second-order valence-electron chi connectivity index (χ2n) is 11.1. The molecule has 0 spiro atoms. The summed E-state index contributed by atoms with van der Waals surface area (Å²) in [6.45, 7) is 6.70. The fourth-order valence-electron chi connectivity index (χ4n) is 4.98. The molecule has 0 fully saturated rings. The molecule has 0 unspecified atom stereocenters. The fraction of sp³-hybridized carbons (Fsp3) is 0.118. The Hall–Kier alpha value is -5.30. The number of fused-ring (bicyclic) bond motifs is 2. The summed E-state index contributed by atoms with van der Waals surface area (Å²) in [5.41, 5.74) is 9.80. The maximum Gasteiger partial charge on any atom is 0.113 e. The first-order valence-corrected chi connectivity index (χ1v) is 13.7. The molecular weight excluding hydrogens is 506 g/mol. The van der Waals surface area contributed by atoms with Crippen LogP contribution in [-0.2, 0) is 5.41 Å². The van der Waals surface area contributed by atoms with Crippen LogP contribution in [0.5, 0.6) is 0 Å². The topological polar surface area (TPSA) is 64.7 Å². The zero-order chi connectivity index (χ0) is 28.0. The zero-order valence-corrected chi connectivity index (χ0v) is 23.2. The Morgan fingerprint density at radius 2 is 0.756 bits per heavy atom. The van der Waals surface area contributed by atoms with Crippen LogP contribution >= 0.6 is 0 Å².